The maximum Gasteiger partial charge on any atom is 0.338 e. The number of methoxy groups -OCH3 is 2. The minimum atomic E-state index is -0.625. The molecule has 0 aliphatic carbocycles. The number of hydrogen-bond donors (Lipinski definition) is 1. The van der Waals surface area contributed by atoms with Crippen LogP contribution in [-0.4, -0.2) is 32.7 Å². The van der Waals surface area contributed by atoms with Crippen LogP contribution in [0.15, 0.2) is 42.5 Å². The van der Waals surface area contributed by atoms with E-state index in [1.165, 1.54) is 26.4 Å². The fourth-order valence-corrected chi connectivity index (χ4v) is 2.36. The van der Waals surface area contributed by atoms with Crippen molar-refractivity contribution in [1.29, 1.82) is 0 Å². The molecule has 1 N–H and O–H groups in total. The molecule has 1 amide bonds. The Morgan fingerprint density at radius 3 is 2.12 bits per heavy atom. The van der Waals surface area contributed by atoms with E-state index >= 15 is 0 Å². The second-order valence-electron chi connectivity index (χ2n) is 5.88. The largest absolute Gasteiger partial charge is 0.497 e. The van der Waals surface area contributed by atoms with Crippen molar-refractivity contribution in [2.75, 3.05) is 20.8 Å². The minimum absolute atomic E-state index is 0.182. The van der Waals surface area contributed by atoms with Crippen LogP contribution in [0.4, 0.5) is 0 Å². The van der Waals surface area contributed by atoms with E-state index in [-0.39, 0.29) is 24.1 Å². The van der Waals surface area contributed by atoms with Crippen molar-refractivity contribution in [1.82, 2.24) is 5.32 Å². The lowest BCUT2D eigenvalue weighted by atomic mass is 10.1. The van der Waals surface area contributed by atoms with Crippen molar-refractivity contribution in [3.63, 3.8) is 0 Å². The molecule has 0 aliphatic heterocycles. The molecular weight excluding hydrogens is 334 g/mol. The predicted octanol–water partition coefficient (Wildman–Crippen LogP) is 3.05. The molecule has 2 rings (SSSR count). The number of hydrogen-bond acceptors (Lipinski definition) is 5. The highest BCUT2D eigenvalue weighted by atomic mass is 16.5. The topological polar surface area (TPSA) is 73.9 Å². The average molecular weight is 357 g/mol. The van der Waals surface area contributed by atoms with Gasteiger partial charge in [0.05, 0.1) is 25.8 Å². The van der Waals surface area contributed by atoms with Crippen molar-refractivity contribution >= 4 is 11.9 Å². The molecule has 2 aromatic carbocycles. The van der Waals surface area contributed by atoms with Gasteiger partial charge in [0.25, 0.3) is 5.91 Å². The molecule has 0 saturated carbocycles. The van der Waals surface area contributed by atoms with Gasteiger partial charge in [0, 0.05) is 6.07 Å². The fourth-order valence-electron chi connectivity index (χ4n) is 2.36. The maximum absolute atomic E-state index is 12.2. The number of benzene rings is 2. The van der Waals surface area contributed by atoms with Gasteiger partial charge in [0.1, 0.15) is 11.5 Å². The molecular formula is C20H23NO5. The lowest BCUT2D eigenvalue weighted by molar-refractivity contribution is -0.124. The molecule has 6 heteroatoms. The van der Waals surface area contributed by atoms with Crippen LogP contribution in [0.5, 0.6) is 11.5 Å². The Morgan fingerprint density at radius 1 is 1.00 bits per heavy atom. The van der Waals surface area contributed by atoms with E-state index < -0.39 is 5.97 Å². The van der Waals surface area contributed by atoms with E-state index in [1.54, 1.807) is 6.07 Å². The zero-order valence-electron chi connectivity index (χ0n) is 15.4. The SMILES string of the molecule is COc1cc(OC)cc(C(=O)OCC(=O)NC(C)c2ccc(C)cc2)c1. The highest BCUT2D eigenvalue weighted by Crippen LogP contribution is 2.23. The third-order valence-electron chi connectivity index (χ3n) is 3.88. The molecule has 0 fully saturated rings. The van der Waals surface area contributed by atoms with Crippen molar-refractivity contribution in [3.05, 3.63) is 59.2 Å². The first-order chi connectivity index (χ1) is 12.4. The minimum Gasteiger partial charge on any atom is -0.497 e. The number of ether oxygens (including phenoxy) is 3. The first-order valence-corrected chi connectivity index (χ1v) is 8.19. The Labute approximate surface area is 153 Å². The summed E-state index contributed by atoms with van der Waals surface area (Å²) in [6.45, 7) is 3.51. The Kier molecular flexibility index (Phi) is 6.60. The van der Waals surface area contributed by atoms with Crippen LogP contribution in [0, 0.1) is 6.92 Å². The molecule has 138 valence electrons. The van der Waals surface area contributed by atoms with Gasteiger partial charge in [0.2, 0.25) is 0 Å². The van der Waals surface area contributed by atoms with Crippen molar-refractivity contribution in [2.24, 2.45) is 0 Å². The van der Waals surface area contributed by atoms with Crippen LogP contribution >= 0.6 is 0 Å². The lowest BCUT2D eigenvalue weighted by Gasteiger charge is -2.15. The van der Waals surface area contributed by atoms with Crippen LogP contribution in [0.1, 0.15) is 34.5 Å². The maximum atomic E-state index is 12.2. The van der Waals surface area contributed by atoms with E-state index in [4.69, 9.17) is 14.2 Å². The Hall–Kier alpha value is -3.02. The van der Waals surface area contributed by atoms with Crippen LogP contribution in [-0.2, 0) is 9.53 Å². The van der Waals surface area contributed by atoms with E-state index in [0.29, 0.717) is 11.5 Å². The lowest BCUT2D eigenvalue weighted by Crippen LogP contribution is -2.31. The molecule has 0 radical (unpaired) electrons. The number of rotatable bonds is 7. The summed E-state index contributed by atoms with van der Waals surface area (Å²) in [5, 5.41) is 2.80. The van der Waals surface area contributed by atoms with Gasteiger partial charge in [-0.3, -0.25) is 4.79 Å². The summed E-state index contributed by atoms with van der Waals surface area (Å²) in [5.41, 5.74) is 2.38. The zero-order valence-corrected chi connectivity index (χ0v) is 15.4. The van der Waals surface area contributed by atoms with Crippen molar-refractivity contribution < 1.29 is 23.8 Å². The summed E-state index contributed by atoms with van der Waals surface area (Å²) in [6.07, 6.45) is 0. The highest BCUT2D eigenvalue weighted by molar-refractivity contribution is 5.92. The van der Waals surface area contributed by atoms with Gasteiger partial charge in [-0.2, -0.15) is 0 Å². The first-order valence-electron chi connectivity index (χ1n) is 8.19. The summed E-state index contributed by atoms with van der Waals surface area (Å²) < 4.78 is 15.3. The van der Waals surface area contributed by atoms with Crippen molar-refractivity contribution in [3.8, 4) is 11.5 Å². The number of nitrogens with one attached hydrogen (secondary N) is 1. The second-order valence-corrected chi connectivity index (χ2v) is 5.88. The molecule has 1 atom stereocenters. The molecule has 1 unspecified atom stereocenters. The Balaban J connectivity index is 1.92. The fraction of sp³-hybridized carbons (Fsp3) is 0.300. The summed E-state index contributed by atoms with van der Waals surface area (Å²) in [6, 6.07) is 12.4. The Bertz CT molecular complexity index is 748. The Morgan fingerprint density at radius 2 is 1.58 bits per heavy atom. The number of carbonyl (C=O) groups excluding carboxylic acids is 2. The van der Waals surface area contributed by atoms with Gasteiger partial charge in [-0.25, -0.2) is 4.79 Å². The van der Waals surface area contributed by atoms with Gasteiger partial charge in [0.15, 0.2) is 6.61 Å². The van der Waals surface area contributed by atoms with Gasteiger partial charge >= 0.3 is 5.97 Å². The molecule has 0 spiro atoms. The van der Waals surface area contributed by atoms with E-state index in [0.717, 1.165) is 11.1 Å². The molecule has 2 aromatic rings. The van der Waals surface area contributed by atoms with Gasteiger partial charge in [-0.05, 0) is 31.5 Å². The van der Waals surface area contributed by atoms with Crippen LogP contribution < -0.4 is 14.8 Å². The third-order valence-corrected chi connectivity index (χ3v) is 3.88. The average Bonchev–Trinajstić information content (AvgIpc) is 2.65. The number of amides is 1. The monoisotopic (exact) mass is 357 g/mol. The second kappa shape index (κ2) is 8.89. The first kappa shape index (κ1) is 19.3. The number of carbonyl (C=O) groups is 2. The van der Waals surface area contributed by atoms with Gasteiger partial charge in [-0.15, -0.1) is 0 Å². The summed E-state index contributed by atoms with van der Waals surface area (Å²) in [7, 11) is 2.98. The molecule has 26 heavy (non-hydrogen) atoms. The molecule has 6 nitrogen and oxygen atoms in total. The van der Waals surface area contributed by atoms with Crippen LogP contribution in [0.2, 0.25) is 0 Å². The highest BCUT2D eigenvalue weighted by Gasteiger charge is 2.15. The number of aryl methyl sites for hydroxylation is 1. The molecule has 0 heterocycles. The predicted molar refractivity (Wildman–Crippen MR) is 97.6 cm³/mol. The smallest absolute Gasteiger partial charge is 0.338 e. The van der Waals surface area contributed by atoms with Crippen LogP contribution in [0.3, 0.4) is 0 Å². The van der Waals surface area contributed by atoms with Gasteiger partial charge < -0.3 is 19.5 Å². The number of esters is 1. The normalized spacial score (nSPS) is 11.4. The third kappa shape index (κ3) is 5.24. The standard InChI is InChI=1S/C20H23NO5/c1-13-5-7-15(8-6-13)14(2)21-19(22)12-26-20(23)16-9-17(24-3)11-18(10-16)25-4/h5-11,14H,12H2,1-4H3,(H,21,22). The quantitative estimate of drug-likeness (QED) is 0.771. The van der Waals surface area contributed by atoms with E-state index in [2.05, 4.69) is 5.32 Å². The van der Waals surface area contributed by atoms with E-state index in [1.807, 2.05) is 38.1 Å². The van der Waals surface area contributed by atoms with Gasteiger partial charge in [-0.1, -0.05) is 29.8 Å². The van der Waals surface area contributed by atoms with Crippen LogP contribution in [0.25, 0.3) is 0 Å². The molecule has 0 aromatic heterocycles. The van der Waals surface area contributed by atoms with Crippen molar-refractivity contribution in [2.45, 2.75) is 19.9 Å². The zero-order chi connectivity index (χ0) is 19.1. The molecule has 0 saturated heterocycles. The summed E-state index contributed by atoms with van der Waals surface area (Å²) in [5.74, 6) is -0.0656. The molecule has 0 bridgehead atoms. The summed E-state index contributed by atoms with van der Waals surface area (Å²) in [4.78, 5) is 24.2. The summed E-state index contributed by atoms with van der Waals surface area (Å²) >= 11 is 0. The van der Waals surface area contributed by atoms with E-state index in [9.17, 15) is 9.59 Å². The molecule has 0 aliphatic rings.